The summed E-state index contributed by atoms with van der Waals surface area (Å²) in [4.78, 5) is 23.3. The summed E-state index contributed by atoms with van der Waals surface area (Å²) in [6, 6.07) is 5.53. The van der Waals surface area contributed by atoms with Gasteiger partial charge in [0.2, 0.25) is 6.41 Å². The van der Waals surface area contributed by atoms with Crippen LogP contribution in [0.2, 0.25) is 0 Å². The van der Waals surface area contributed by atoms with Gasteiger partial charge in [-0.3, -0.25) is 10.1 Å². The number of anilines is 1. The Bertz CT molecular complexity index is 459. The van der Waals surface area contributed by atoms with Crippen molar-refractivity contribution in [2.75, 3.05) is 12.8 Å². The van der Waals surface area contributed by atoms with E-state index in [1.807, 2.05) is 18.2 Å². The van der Waals surface area contributed by atoms with Crippen LogP contribution in [0.1, 0.15) is 11.1 Å². The highest BCUT2D eigenvalue weighted by molar-refractivity contribution is 5.84. The molecule has 1 aromatic carbocycles. The first-order chi connectivity index (χ1) is 8.11. The third kappa shape index (κ3) is 2.22. The van der Waals surface area contributed by atoms with Crippen LogP contribution in [0.15, 0.2) is 18.2 Å². The minimum absolute atomic E-state index is 0.0896. The van der Waals surface area contributed by atoms with Gasteiger partial charge in [-0.15, -0.1) is 0 Å². The molecule has 0 heterocycles. The number of nitrogens with zero attached hydrogens (tertiary/aromatic N) is 1. The van der Waals surface area contributed by atoms with E-state index in [1.165, 1.54) is 11.1 Å². The van der Waals surface area contributed by atoms with Crippen molar-refractivity contribution >= 4 is 18.1 Å². The summed E-state index contributed by atoms with van der Waals surface area (Å²) >= 11 is 0. The fourth-order valence-corrected chi connectivity index (χ4v) is 2.21. The molecule has 1 atom stereocenters. The second kappa shape index (κ2) is 4.45. The molecule has 0 radical (unpaired) electrons. The summed E-state index contributed by atoms with van der Waals surface area (Å²) in [7, 11) is 1.69. The Morgan fingerprint density at radius 3 is 2.88 bits per heavy atom. The number of fused-ring (bicyclic) bond motifs is 1. The molecule has 0 saturated heterocycles. The molecule has 2 rings (SSSR count). The third-order valence-corrected chi connectivity index (χ3v) is 3.19. The minimum atomic E-state index is -0.370. The first-order valence-electron chi connectivity index (χ1n) is 5.46. The van der Waals surface area contributed by atoms with Gasteiger partial charge in [0.15, 0.2) is 0 Å². The molecular weight excluding hydrogens is 218 g/mol. The van der Waals surface area contributed by atoms with Crippen LogP contribution < -0.4 is 11.1 Å². The number of amides is 3. The van der Waals surface area contributed by atoms with Crippen molar-refractivity contribution in [3.63, 3.8) is 0 Å². The van der Waals surface area contributed by atoms with Crippen LogP contribution >= 0.6 is 0 Å². The second-order valence-electron chi connectivity index (χ2n) is 4.27. The van der Waals surface area contributed by atoms with Crippen LogP contribution in [0.5, 0.6) is 0 Å². The van der Waals surface area contributed by atoms with Crippen molar-refractivity contribution in [3.8, 4) is 0 Å². The number of nitrogens with two attached hydrogens (primary N) is 1. The van der Waals surface area contributed by atoms with Crippen LogP contribution in [0.3, 0.4) is 0 Å². The van der Waals surface area contributed by atoms with E-state index >= 15 is 0 Å². The number of nitrogen functional groups attached to an aromatic ring is 1. The first kappa shape index (κ1) is 11.4. The average Bonchev–Trinajstić information content (AvgIpc) is 2.71. The number of likely N-dealkylation sites (N-methyl/N-ethyl adjacent to an activating group) is 1. The number of benzene rings is 1. The topological polar surface area (TPSA) is 75.4 Å². The molecule has 0 bridgehead atoms. The van der Waals surface area contributed by atoms with Gasteiger partial charge < -0.3 is 10.6 Å². The SMILES string of the molecule is CN(C(=O)NC=O)C1Cc2ccc(N)cc2C1. The smallest absolute Gasteiger partial charge is 0.323 e. The monoisotopic (exact) mass is 233 g/mol. The molecule has 1 unspecified atom stereocenters. The molecule has 17 heavy (non-hydrogen) atoms. The van der Waals surface area contributed by atoms with E-state index in [4.69, 9.17) is 5.73 Å². The van der Waals surface area contributed by atoms with Crippen LogP contribution in [0.25, 0.3) is 0 Å². The van der Waals surface area contributed by atoms with Crippen LogP contribution in [0.4, 0.5) is 10.5 Å². The summed E-state index contributed by atoms with van der Waals surface area (Å²) in [5.74, 6) is 0. The second-order valence-corrected chi connectivity index (χ2v) is 4.27. The molecule has 5 heteroatoms. The fourth-order valence-electron chi connectivity index (χ4n) is 2.21. The van der Waals surface area contributed by atoms with Gasteiger partial charge in [-0.2, -0.15) is 0 Å². The Morgan fingerprint density at radius 2 is 2.18 bits per heavy atom. The number of urea groups is 1. The number of hydrogen-bond donors (Lipinski definition) is 2. The van der Waals surface area contributed by atoms with Crippen molar-refractivity contribution in [1.29, 1.82) is 0 Å². The van der Waals surface area contributed by atoms with Gasteiger partial charge >= 0.3 is 6.03 Å². The number of hydrogen-bond acceptors (Lipinski definition) is 3. The highest BCUT2D eigenvalue weighted by Crippen LogP contribution is 2.26. The molecule has 1 aromatic rings. The lowest BCUT2D eigenvalue weighted by Crippen LogP contribution is -2.43. The molecule has 3 amide bonds. The predicted octanol–water partition coefficient (Wildman–Crippen LogP) is 0.534. The van der Waals surface area contributed by atoms with Gasteiger partial charge in [-0.25, -0.2) is 4.79 Å². The zero-order chi connectivity index (χ0) is 12.4. The summed E-state index contributed by atoms with van der Waals surface area (Å²) in [6.45, 7) is 0. The largest absolute Gasteiger partial charge is 0.399 e. The lowest BCUT2D eigenvalue weighted by Gasteiger charge is -2.23. The lowest BCUT2D eigenvalue weighted by molar-refractivity contribution is -0.108. The summed E-state index contributed by atoms with van der Waals surface area (Å²) < 4.78 is 0. The number of imide groups is 1. The minimum Gasteiger partial charge on any atom is -0.399 e. The normalized spacial score (nSPS) is 17.4. The van der Waals surface area contributed by atoms with E-state index in [0.29, 0.717) is 6.41 Å². The predicted molar refractivity (Wildman–Crippen MR) is 64.4 cm³/mol. The lowest BCUT2D eigenvalue weighted by atomic mass is 10.1. The maximum atomic E-state index is 11.5. The summed E-state index contributed by atoms with van der Waals surface area (Å²) in [5.41, 5.74) is 8.86. The van der Waals surface area contributed by atoms with E-state index in [-0.39, 0.29) is 12.1 Å². The van der Waals surface area contributed by atoms with Crippen LogP contribution in [-0.2, 0) is 17.6 Å². The van der Waals surface area contributed by atoms with Gasteiger partial charge in [0.05, 0.1) is 0 Å². The zero-order valence-electron chi connectivity index (χ0n) is 9.64. The maximum Gasteiger partial charge on any atom is 0.323 e. The van der Waals surface area contributed by atoms with Gasteiger partial charge in [0.1, 0.15) is 0 Å². The number of rotatable bonds is 2. The molecule has 1 aliphatic rings. The van der Waals surface area contributed by atoms with Crippen molar-refractivity contribution in [2.24, 2.45) is 0 Å². The number of carbonyl (C=O) groups is 2. The molecule has 0 spiro atoms. The van der Waals surface area contributed by atoms with Crippen molar-refractivity contribution in [3.05, 3.63) is 29.3 Å². The van der Waals surface area contributed by atoms with Gasteiger partial charge in [-0.05, 0) is 36.1 Å². The third-order valence-electron chi connectivity index (χ3n) is 3.19. The molecular formula is C12H15N3O2. The molecule has 3 N–H and O–H groups in total. The first-order valence-corrected chi connectivity index (χ1v) is 5.46. The van der Waals surface area contributed by atoms with Crippen molar-refractivity contribution < 1.29 is 9.59 Å². The highest BCUT2D eigenvalue weighted by atomic mass is 16.2. The molecule has 90 valence electrons. The Kier molecular flexibility index (Phi) is 2.99. The standard InChI is InChI=1S/C12H15N3O2/c1-15(12(17)14-7-16)11-5-8-2-3-10(13)4-9(8)6-11/h2-4,7,11H,5-6,13H2,1H3,(H,14,16,17). The molecule has 0 aliphatic heterocycles. The van der Waals surface area contributed by atoms with Crippen LogP contribution in [-0.4, -0.2) is 30.4 Å². The molecule has 0 aromatic heterocycles. The van der Waals surface area contributed by atoms with Crippen molar-refractivity contribution in [2.45, 2.75) is 18.9 Å². The van der Waals surface area contributed by atoms with E-state index < -0.39 is 0 Å². The quantitative estimate of drug-likeness (QED) is 0.578. The fraction of sp³-hybridized carbons (Fsp3) is 0.333. The summed E-state index contributed by atoms with van der Waals surface area (Å²) in [5, 5.41) is 2.14. The van der Waals surface area contributed by atoms with E-state index in [9.17, 15) is 9.59 Å². The Labute approximate surface area is 99.6 Å². The Morgan fingerprint density at radius 1 is 1.47 bits per heavy atom. The summed E-state index contributed by atoms with van der Waals surface area (Å²) in [6.07, 6.45) is 1.99. The van der Waals surface area contributed by atoms with Gasteiger partial charge in [0.25, 0.3) is 0 Å². The van der Waals surface area contributed by atoms with Gasteiger partial charge in [-0.1, -0.05) is 6.07 Å². The Balaban J connectivity index is 2.09. The van der Waals surface area contributed by atoms with E-state index in [2.05, 4.69) is 5.32 Å². The van der Waals surface area contributed by atoms with Gasteiger partial charge in [0, 0.05) is 18.8 Å². The van der Waals surface area contributed by atoms with Crippen molar-refractivity contribution in [1.82, 2.24) is 10.2 Å². The molecule has 0 fully saturated rings. The molecule has 0 saturated carbocycles. The number of carbonyl (C=O) groups excluding carboxylic acids is 2. The molecule has 5 nitrogen and oxygen atoms in total. The highest BCUT2D eigenvalue weighted by Gasteiger charge is 2.27. The van der Waals surface area contributed by atoms with E-state index in [0.717, 1.165) is 18.5 Å². The van der Waals surface area contributed by atoms with Crippen LogP contribution in [0, 0.1) is 0 Å². The maximum absolute atomic E-state index is 11.5. The molecule has 1 aliphatic carbocycles. The number of nitrogens with one attached hydrogen (secondary N) is 1. The van der Waals surface area contributed by atoms with E-state index in [1.54, 1.807) is 11.9 Å². The zero-order valence-corrected chi connectivity index (χ0v) is 9.64. The average molecular weight is 233 g/mol. The Hall–Kier alpha value is -2.04.